The van der Waals surface area contributed by atoms with Crippen molar-refractivity contribution < 1.29 is 4.74 Å². The second kappa shape index (κ2) is 5.33. The minimum absolute atomic E-state index is 0.858. The molecule has 112 valence electrons. The van der Waals surface area contributed by atoms with Crippen LogP contribution in [0.3, 0.4) is 0 Å². The Morgan fingerprint density at radius 1 is 0.870 bits per heavy atom. The molecule has 1 heterocycles. The van der Waals surface area contributed by atoms with E-state index < -0.39 is 0 Å². The molecule has 0 atom stereocenters. The topological polar surface area (TPSA) is 21.3 Å². The molecule has 1 aliphatic heterocycles. The molecule has 0 saturated heterocycles. The van der Waals surface area contributed by atoms with E-state index in [2.05, 4.69) is 54.4 Å². The fourth-order valence-corrected chi connectivity index (χ4v) is 3.01. The Bertz CT molecular complexity index is 990. The monoisotopic (exact) mass is 299 g/mol. The van der Waals surface area contributed by atoms with Gasteiger partial charge in [0.15, 0.2) is 0 Å². The van der Waals surface area contributed by atoms with Crippen LogP contribution in [0.1, 0.15) is 11.1 Å². The third-order valence-electron chi connectivity index (χ3n) is 4.14. The van der Waals surface area contributed by atoms with Crippen LogP contribution in [0, 0.1) is 0 Å². The Labute approximate surface area is 135 Å². The van der Waals surface area contributed by atoms with E-state index in [4.69, 9.17) is 4.74 Å². The second-order valence-electron chi connectivity index (χ2n) is 5.63. The molecule has 23 heavy (non-hydrogen) atoms. The number of anilines is 1. The molecule has 0 aliphatic carbocycles. The van der Waals surface area contributed by atoms with Crippen LogP contribution < -0.4 is 20.5 Å². The predicted octanol–water partition coefficient (Wildman–Crippen LogP) is 3.49. The summed E-state index contributed by atoms with van der Waals surface area (Å²) in [5.41, 5.74) is 4.53. The number of fused-ring (bicyclic) bond motifs is 2. The summed E-state index contributed by atoms with van der Waals surface area (Å²) in [4.78, 5) is 0. The Balaban J connectivity index is 2.09. The number of ether oxygens (including phenoxy) is 1. The summed E-state index contributed by atoms with van der Waals surface area (Å²) in [6, 6.07) is 22.8. The van der Waals surface area contributed by atoms with E-state index in [9.17, 15) is 0 Å². The summed E-state index contributed by atoms with van der Waals surface area (Å²) in [5.74, 6) is 1.73. The Morgan fingerprint density at radius 2 is 1.70 bits per heavy atom. The molecule has 2 nitrogen and oxygen atoms in total. The van der Waals surface area contributed by atoms with Gasteiger partial charge in [-0.15, -0.1) is 0 Å². The minimum Gasteiger partial charge on any atom is -0.456 e. The van der Waals surface area contributed by atoms with Gasteiger partial charge < -0.3 is 10.1 Å². The van der Waals surface area contributed by atoms with Crippen molar-refractivity contribution in [1.29, 1.82) is 0 Å². The van der Waals surface area contributed by atoms with E-state index in [1.165, 1.54) is 11.1 Å². The minimum atomic E-state index is 0.858. The fourth-order valence-electron chi connectivity index (χ4n) is 3.01. The van der Waals surface area contributed by atoms with Crippen molar-refractivity contribution in [1.82, 2.24) is 0 Å². The fraction of sp³-hybridized carbons (Fsp3) is 0.0476. The highest BCUT2D eigenvalue weighted by atomic mass is 16.5. The molecule has 2 heteroatoms. The van der Waals surface area contributed by atoms with Crippen LogP contribution in [0.4, 0.5) is 5.69 Å². The van der Waals surface area contributed by atoms with E-state index in [1.807, 2.05) is 31.3 Å². The van der Waals surface area contributed by atoms with Crippen molar-refractivity contribution >= 4 is 17.8 Å². The lowest BCUT2D eigenvalue weighted by molar-refractivity contribution is 0.472. The molecule has 3 aromatic rings. The Kier molecular flexibility index (Phi) is 3.16. The van der Waals surface area contributed by atoms with Crippen molar-refractivity contribution in [3.63, 3.8) is 0 Å². The molecular weight excluding hydrogens is 282 g/mol. The molecule has 1 aliphatic rings. The quantitative estimate of drug-likeness (QED) is 0.612. The first-order chi connectivity index (χ1) is 11.3. The summed E-state index contributed by atoms with van der Waals surface area (Å²) < 4.78 is 6.15. The normalized spacial score (nSPS) is 12.1. The molecule has 0 radical (unpaired) electrons. The van der Waals surface area contributed by atoms with Gasteiger partial charge in [-0.25, -0.2) is 0 Å². The van der Waals surface area contributed by atoms with E-state index in [0.29, 0.717) is 0 Å². The molecule has 0 aromatic heterocycles. The molecule has 0 fully saturated rings. The largest absolute Gasteiger partial charge is 0.456 e. The number of hydrogen-bond donors (Lipinski definition) is 1. The maximum Gasteiger partial charge on any atom is 0.137 e. The van der Waals surface area contributed by atoms with E-state index in [0.717, 1.165) is 33.2 Å². The van der Waals surface area contributed by atoms with Crippen LogP contribution in [0.5, 0.6) is 11.5 Å². The van der Waals surface area contributed by atoms with Gasteiger partial charge in [-0.05, 0) is 29.0 Å². The van der Waals surface area contributed by atoms with Crippen molar-refractivity contribution in [2.24, 2.45) is 0 Å². The Hall–Kier alpha value is -3.00. The molecule has 0 spiro atoms. The zero-order valence-electron chi connectivity index (χ0n) is 13.0. The zero-order valence-corrected chi connectivity index (χ0v) is 13.0. The molecule has 3 aromatic carbocycles. The van der Waals surface area contributed by atoms with Gasteiger partial charge in [0.05, 0.1) is 0 Å². The van der Waals surface area contributed by atoms with E-state index in [-0.39, 0.29) is 0 Å². The predicted molar refractivity (Wildman–Crippen MR) is 95.3 cm³/mol. The lowest BCUT2D eigenvalue weighted by Gasteiger charge is -2.21. The highest BCUT2D eigenvalue weighted by molar-refractivity contribution is 5.86. The van der Waals surface area contributed by atoms with Crippen LogP contribution in [0.25, 0.3) is 12.2 Å². The van der Waals surface area contributed by atoms with E-state index in [1.54, 1.807) is 0 Å². The lowest BCUT2D eigenvalue weighted by atomic mass is 9.92. The third-order valence-corrected chi connectivity index (χ3v) is 4.14. The average Bonchev–Trinajstić information content (AvgIpc) is 2.59. The number of rotatable bonds is 2. The van der Waals surface area contributed by atoms with Crippen molar-refractivity contribution in [3.05, 3.63) is 88.3 Å². The molecule has 1 N–H and O–H groups in total. The maximum atomic E-state index is 6.15. The van der Waals surface area contributed by atoms with Gasteiger partial charge in [0.2, 0.25) is 0 Å². The van der Waals surface area contributed by atoms with Gasteiger partial charge in [0.25, 0.3) is 0 Å². The molecule has 0 bridgehead atoms. The summed E-state index contributed by atoms with van der Waals surface area (Å²) in [7, 11) is 1.91. The second-order valence-corrected chi connectivity index (χ2v) is 5.63. The first-order valence-corrected chi connectivity index (χ1v) is 7.65. The van der Waals surface area contributed by atoms with Gasteiger partial charge in [-0.2, -0.15) is 0 Å². The summed E-state index contributed by atoms with van der Waals surface area (Å²) in [6.07, 6.45) is 0. The lowest BCUT2D eigenvalue weighted by Crippen LogP contribution is -2.19. The van der Waals surface area contributed by atoms with Gasteiger partial charge in [-0.3, -0.25) is 0 Å². The van der Waals surface area contributed by atoms with Crippen LogP contribution >= 0.6 is 0 Å². The van der Waals surface area contributed by atoms with Gasteiger partial charge in [0, 0.05) is 35.2 Å². The van der Waals surface area contributed by atoms with Crippen molar-refractivity contribution in [3.8, 4) is 11.5 Å². The van der Waals surface area contributed by atoms with Crippen LogP contribution in [0.15, 0.2) is 66.7 Å². The molecular formula is C21H17NO. The number of benzene rings is 3. The highest BCUT2D eigenvalue weighted by Crippen LogP contribution is 2.37. The first kappa shape index (κ1) is 13.6. The summed E-state index contributed by atoms with van der Waals surface area (Å²) >= 11 is 0. The van der Waals surface area contributed by atoms with Crippen LogP contribution in [-0.4, -0.2) is 7.05 Å². The van der Waals surface area contributed by atoms with Gasteiger partial charge >= 0.3 is 0 Å². The van der Waals surface area contributed by atoms with Gasteiger partial charge in [0.1, 0.15) is 11.5 Å². The molecule has 4 rings (SSSR count). The molecule has 0 saturated carbocycles. The highest BCUT2D eigenvalue weighted by Gasteiger charge is 2.19. The van der Waals surface area contributed by atoms with E-state index >= 15 is 0 Å². The number of nitrogens with one attached hydrogen (secondary N) is 1. The standard InChI is InChI=1S/C21H17NO/c1-14-8-10-17-19(12-14)23-20-13-16(22-2)9-11-18(20)21(17)15-6-4-3-5-7-15/h3-13,22H,1H2,2H3. The molecule has 0 unspecified atom stereocenters. The van der Waals surface area contributed by atoms with Crippen molar-refractivity contribution in [2.75, 3.05) is 12.4 Å². The third kappa shape index (κ3) is 2.29. The van der Waals surface area contributed by atoms with Crippen molar-refractivity contribution in [2.45, 2.75) is 0 Å². The first-order valence-electron chi connectivity index (χ1n) is 7.65. The maximum absolute atomic E-state index is 6.15. The zero-order chi connectivity index (χ0) is 15.8. The summed E-state index contributed by atoms with van der Waals surface area (Å²) in [6.45, 7) is 4.01. The smallest absolute Gasteiger partial charge is 0.137 e. The Morgan fingerprint density at radius 3 is 2.48 bits per heavy atom. The number of hydrogen-bond acceptors (Lipinski definition) is 2. The average molecular weight is 299 g/mol. The van der Waals surface area contributed by atoms with Crippen LogP contribution in [0.2, 0.25) is 0 Å². The summed E-state index contributed by atoms with van der Waals surface area (Å²) in [5, 5.41) is 5.22. The molecule has 0 amide bonds. The van der Waals surface area contributed by atoms with Gasteiger partial charge in [-0.1, -0.05) is 49.0 Å². The van der Waals surface area contributed by atoms with Crippen LogP contribution in [-0.2, 0) is 0 Å². The SMILES string of the molecule is C=c1ccc2c(c1)Oc1cc(NC)ccc1C=2c1ccccc1.